The average molecular weight is 292 g/mol. The van der Waals surface area contributed by atoms with Crippen molar-refractivity contribution in [2.24, 2.45) is 5.84 Å². The molecule has 2 rings (SSSR count). The highest BCUT2D eigenvalue weighted by molar-refractivity contribution is 5.33. The molecule has 0 radical (unpaired) electrons. The Kier molecular flexibility index (Phi) is 4.88. The van der Waals surface area contributed by atoms with E-state index < -0.39 is 5.82 Å². The quantitative estimate of drug-likeness (QED) is 0.658. The van der Waals surface area contributed by atoms with E-state index in [0.717, 1.165) is 11.1 Å². The molecule has 3 N–H and O–H groups in total. The molecule has 0 aliphatic rings. The third-order valence-corrected chi connectivity index (χ3v) is 3.51. The Bertz CT molecular complexity index is 632. The van der Waals surface area contributed by atoms with Crippen molar-refractivity contribution in [1.29, 1.82) is 0 Å². The van der Waals surface area contributed by atoms with Crippen LogP contribution in [0.5, 0.6) is 5.75 Å². The second-order valence-electron chi connectivity index (χ2n) is 4.89. The van der Waals surface area contributed by atoms with Gasteiger partial charge in [-0.05, 0) is 54.3 Å². The second-order valence-corrected chi connectivity index (χ2v) is 4.89. The van der Waals surface area contributed by atoms with Gasteiger partial charge in [0, 0.05) is 0 Å². The summed E-state index contributed by atoms with van der Waals surface area (Å²) in [6.07, 6.45) is 0.536. The molecule has 21 heavy (non-hydrogen) atoms. The van der Waals surface area contributed by atoms with Crippen LogP contribution in [0.1, 0.15) is 22.7 Å². The number of methoxy groups -OCH3 is 1. The molecule has 2 aromatic carbocycles. The van der Waals surface area contributed by atoms with Gasteiger partial charge in [-0.25, -0.2) is 8.78 Å². The highest BCUT2D eigenvalue weighted by Gasteiger charge is 2.14. The van der Waals surface area contributed by atoms with E-state index in [2.05, 4.69) is 5.43 Å². The van der Waals surface area contributed by atoms with Crippen molar-refractivity contribution in [1.82, 2.24) is 5.43 Å². The van der Waals surface area contributed by atoms with Crippen LogP contribution in [0.2, 0.25) is 0 Å². The predicted molar refractivity (Wildman–Crippen MR) is 77.9 cm³/mol. The van der Waals surface area contributed by atoms with Gasteiger partial charge in [0.2, 0.25) is 0 Å². The highest BCUT2D eigenvalue weighted by atomic mass is 19.1. The molecule has 0 aliphatic carbocycles. The Balaban J connectivity index is 2.25. The van der Waals surface area contributed by atoms with Crippen molar-refractivity contribution in [2.45, 2.75) is 19.4 Å². The van der Waals surface area contributed by atoms with Crippen molar-refractivity contribution < 1.29 is 13.5 Å². The maximum absolute atomic E-state index is 13.8. The molecule has 3 nitrogen and oxygen atoms in total. The van der Waals surface area contributed by atoms with Crippen LogP contribution in [0.4, 0.5) is 8.78 Å². The molecule has 0 aromatic heterocycles. The van der Waals surface area contributed by atoms with Crippen LogP contribution in [0, 0.1) is 18.6 Å². The van der Waals surface area contributed by atoms with Crippen LogP contribution in [-0.2, 0) is 6.42 Å². The zero-order valence-electron chi connectivity index (χ0n) is 12.0. The van der Waals surface area contributed by atoms with Crippen LogP contribution in [0.25, 0.3) is 0 Å². The summed E-state index contributed by atoms with van der Waals surface area (Å²) in [5.74, 6) is 5.05. The Morgan fingerprint density at radius 3 is 2.52 bits per heavy atom. The van der Waals surface area contributed by atoms with Crippen molar-refractivity contribution in [2.75, 3.05) is 7.11 Å². The largest absolute Gasteiger partial charge is 0.494 e. The summed E-state index contributed by atoms with van der Waals surface area (Å²) in [7, 11) is 1.42. The zero-order chi connectivity index (χ0) is 15.4. The van der Waals surface area contributed by atoms with E-state index in [1.54, 1.807) is 18.2 Å². The van der Waals surface area contributed by atoms with Crippen molar-refractivity contribution in [3.63, 3.8) is 0 Å². The molecular weight excluding hydrogens is 274 g/mol. The SMILES string of the molecule is COc1ccc(C(Cc2ccc(F)cc2C)NN)cc1F. The molecule has 0 spiro atoms. The van der Waals surface area contributed by atoms with Gasteiger partial charge in [-0.1, -0.05) is 12.1 Å². The molecule has 0 amide bonds. The van der Waals surface area contributed by atoms with E-state index in [4.69, 9.17) is 10.6 Å². The number of hydrazine groups is 1. The highest BCUT2D eigenvalue weighted by Crippen LogP contribution is 2.25. The van der Waals surface area contributed by atoms with Crippen LogP contribution in [0.3, 0.4) is 0 Å². The van der Waals surface area contributed by atoms with E-state index in [1.807, 2.05) is 6.92 Å². The van der Waals surface area contributed by atoms with Gasteiger partial charge in [0.15, 0.2) is 11.6 Å². The van der Waals surface area contributed by atoms with Crippen LogP contribution in [-0.4, -0.2) is 7.11 Å². The average Bonchev–Trinajstić information content (AvgIpc) is 2.46. The van der Waals surface area contributed by atoms with Gasteiger partial charge in [-0.15, -0.1) is 0 Å². The minimum atomic E-state index is -0.439. The van der Waals surface area contributed by atoms with E-state index in [-0.39, 0.29) is 17.6 Å². The minimum Gasteiger partial charge on any atom is -0.494 e. The standard InChI is InChI=1S/C16H18F2N2O/c1-10-7-13(17)5-3-11(10)9-15(20-19)12-4-6-16(21-2)14(18)8-12/h3-8,15,20H,9,19H2,1-2H3. The number of nitrogens with one attached hydrogen (secondary N) is 1. The molecular formula is C16H18F2N2O. The molecule has 0 bridgehead atoms. The molecule has 0 aliphatic heterocycles. The first-order valence-corrected chi connectivity index (χ1v) is 6.59. The number of ether oxygens (including phenoxy) is 1. The number of halogens is 2. The van der Waals surface area contributed by atoms with E-state index in [0.29, 0.717) is 12.0 Å². The first-order chi connectivity index (χ1) is 10.0. The third kappa shape index (κ3) is 3.56. The molecule has 5 heteroatoms. The van der Waals surface area contributed by atoms with Gasteiger partial charge in [0.05, 0.1) is 13.2 Å². The summed E-state index contributed by atoms with van der Waals surface area (Å²) < 4.78 is 31.8. The Labute approximate surface area is 122 Å². The fraction of sp³-hybridized carbons (Fsp3) is 0.250. The maximum atomic E-state index is 13.8. The summed E-state index contributed by atoms with van der Waals surface area (Å²) in [6.45, 7) is 1.83. The maximum Gasteiger partial charge on any atom is 0.165 e. The van der Waals surface area contributed by atoms with Crippen molar-refractivity contribution in [3.8, 4) is 5.75 Å². The number of rotatable bonds is 5. The lowest BCUT2D eigenvalue weighted by molar-refractivity contribution is 0.385. The fourth-order valence-corrected chi connectivity index (χ4v) is 2.28. The van der Waals surface area contributed by atoms with Crippen LogP contribution < -0.4 is 16.0 Å². The summed E-state index contributed by atoms with van der Waals surface area (Å²) in [4.78, 5) is 0. The second kappa shape index (κ2) is 6.65. The lowest BCUT2D eigenvalue weighted by Crippen LogP contribution is -2.29. The van der Waals surface area contributed by atoms with Crippen molar-refractivity contribution >= 4 is 0 Å². The minimum absolute atomic E-state index is 0.187. The lowest BCUT2D eigenvalue weighted by atomic mass is 9.96. The number of nitrogens with two attached hydrogens (primary N) is 1. The first kappa shape index (κ1) is 15.4. The van der Waals surface area contributed by atoms with E-state index >= 15 is 0 Å². The number of benzene rings is 2. The van der Waals surface area contributed by atoms with Gasteiger partial charge in [0.1, 0.15) is 5.82 Å². The zero-order valence-corrected chi connectivity index (χ0v) is 12.0. The lowest BCUT2D eigenvalue weighted by Gasteiger charge is -2.18. The Morgan fingerprint density at radius 1 is 1.19 bits per heavy atom. The topological polar surface area (TPSA) is 47.3 Å². The summed E-state index contributed by atoms with van der Waals surface area (Å²) in [5, 5.41) is 0. The van der Waals surface area contributed by atoms with Crippen LogP contribution >= 0.6 is 0 Å². The van der Waals surface area contributed by atoms with Gasteiger partial charge < -0.3 is 4.74 Å². The molecule has 1 atom stereocenters. The van der Waals surface area contributed by atoms with Gasteiger partial charge in [-0.2, -0.15) is 0 Å². The van der Waals surface area contributed by atoms with Crippen LogP contribution in [0.15, 0.2) is 36.4 Å². The smallest absolute Gasteiger partial charge is 0.165 e. The van der Waals surface area contributed by atoms with Gasteiger partial charge in [0.25, 0.3) is 0 Å². The molecule has 0 fully saturated rings. The Morgan fingerprint density at radius 2 is 1.95 bits per heavy atom. The predicted octanol–water partition coefficient (Wildman–Crippen LogP) is 3.03. The van der Waals surface area contributed by atoms with Gasteiger partial charge >= 0.3 is 0 Å². The summed E-state index contributed by atoms with van der Waals surface area (Å²) >= 11 is 0. The molecule has 1 unspecified atom stereocenters. The third-order valence-electron chi connectivity index (χ3n) is 3.51. The molecule has 2 aromatic rings. The fourth-order valence-electron chi connectivity index (χ4n) is 2.28. The molecule has 0 heterocycles. The summed E-state index contributed by atoms with van der Waals surface area (Å²) in [5.41, 5.74) is 5.17. The van der Waals surface area contributed by atoms with Gasteiger partial charge in [-0.3, -0.25) is 11.3 Å². The molecule has 0 saturated carbocycles. The van der Waals surface area contributed by atoms with Crippen molar-refractivity contribution in [3.05, 3.63) is 64.7 Å². The number of hydrogen-bond acceptors (Lipinski definition) is 3. The Hall–Kier alpha value is -1.98. The summed E-state index contributed by atoms with van der Waals surface area (Å²) in [6, 6.07) is 9.03. The molecule has 112 valence electrons. The van der Waals surface area contributed by atoms with E-state index in [9.17, 15) is 8.78 Å². The monoisotopic (exact) mass is 292 g/mol. The first-order valence-electron chi connectivity index (χ1n) is 6.59. The number of hydrogen-bond donors (Lipinski definition) is 2. The molecule has 0 saturated heterocycles. The normalized spacial score (nSPS) is 12.2. The van der Waals surface area contributed by atoms with E-state index in [1.165, 1.54) is 25.3 Å². The number of aryl methyl sites for hydroxylation is 1.